The van der Waals surface area contributed by atoms with Gasteiger partial charge in [0.25, 0.3) is 11.7 Å². The predicted molar refractivity (Wildman–Crippen MR) is 104 cm³/mol. The highest BCUT2D eigenvalue weighted by molar-refractivity contribution is 6.52. The van der Waals surface area contributed by atoms with Gasteiger partial charge >= 0.3 is 0 Å². The molecular weight excluding hydrogens is 359 g/mol. The number of Topliss-reactive ketones (excluding diaryl/α,β-unsaturated/α-hetero) is 1. The maximum Gasteiger partial charge on any atom is 0.299 e. The van der Waals surface area contributed by atoms with Crippen molar-refractivity contribution in [2.75, 3.05) is 44.2 Å². The highest BCUT2D eigenvalue weighted by Crippen LogP contribution is 2.29. The topological polar surface area (TPSA) is 55.9 Å². The largest absolute Gasteiger partial charge is 0.303 e. The molecule has 146 valence electrons. The number of benzene rings is 2. The van der Waals surface area contributed by atoms with Crippen molar-refractivity contribution in [1.29, 1.82) is 0 Å². The number of hydrazine groups is 1. The lowest BCUT2D eigenvalue weighted by molar-refractivity contribution is -0.114. The summed E-state index contributed by atoms with van der Waals surface area (Å²) in [5.41, 5.74) is 5.38. The highest BCUT2D eigenvalue weighted by Gasteiger charge is 2.36. The number of rotatable bonds is 6. The molecule has 1 fully saturated rings. The molecule has 7 heteroatoms. The Balaban J connectivity index is 1.26. The number of amides is 1. The number of carbonyl (C=O) groups excluding carboxylic acids is 2. The Labute approximate surface area is 163 Å². The summed E-state index contributed by atoms with van der Waals surface area (Å²) >= 11 is 0. The molecule has 28 heavy (non-hydrogen) atoms. The first-order chi connectivity index (χ1) is 13.6. The molecule has 0 spiro atoms. The van der Waals surface area contributed by atoms with E-state index in [2.05, 4.69) is 27.5 Å². The number of hydrogen-bond acceptors (Lipinski definition) is 5. The molecule has 0 unspecified atom stereocenters. The number of ketones is 1. The van der Waals surface area contributed by atoms with Crippen LogP contribution in [0.5, 0.6) is 0 Å². The SMILES string of the molecule is O=C1C(=O)N(CCN2CCN(NCc3ccccc3)CC2)c2ccc(F)cc21. The van der Waals surface area contributed by atoms with Crippen molar-refractivity contribution in [2.45, 2.75) is 6.54 Å². The zero-order valence-electron chi connectivity index (χ0n) is 15.6. The molecule has 2 aromatic rings. The van der Waals surface area contributed by atoms with Gasteiger partial charge in [-0.2, -0.15) is 0 Å². The van der Waals surface area contributed by atoms with Crippen molar-refractivity contribution >= 4 is 17.4 Å². The van der Waals surface area contributed by atoms with Gasteiger partial charge in [-0.15, -0.1) is 0 Å². The van der Waals surface area contributed by atoms with Crippen LogP contribution in [0.2, 0.25) is 0 Å². The predicted octanol–water partition coefficient (Wildman–Crippen LogP) is 1.68. The lowest BCUT2D eigenvalue weighted by atomic mass is 10.1. The molecule has 1 amide bonds. The second-order valence-corrected chi connectivity index (χ2v) is 7.10. The number of anilines is 1. The van der Waals surface area contributed by atoms with Crippen LogP contribution in [0.3, 0.4) is 0 Å². The smallest absolute Gasteiger partial charge is 0.299 e. The fourth-order valence-electron chi connectivity index (χ4n) is 3.66. The maximum absolute atomic E-state index is 13.4. The fourth-order valence-corrected chi connectivity index (χ4v) is 3.66. The third kappa shape index (κ3) is 3.96. The second kappa shape index (κ2) is 8.18. The minimum atomic E-state index is -0.621. The molecule has 0 saturated carbocycles. The summed E-state index contributed by atoms with van der Waals surface area (Å²) in [6, 6.07) is 14.2. The van der Waals surface area contributed by atoms with Crippen LogP contribution in [0.15, 0.2) is 48.5 Å². The molecular formula is C21H23FN4O2. The highest BCUT2D eigenvalue weighted by atomic mass is 19.1. The Morgan fingerprint density at radius 1 is 0.929 bits per heavy atom. The average molecular weight is 382 g/mol. The van der Waals surface area contributed by atoms with E-state index in [1.54, 1.807) is 0 Å². The number of nitrogens with zero attached hydrogens (tertiary/aromatic N) is 3. The molecule has 2 aliphatic heterocycles. The van der Waals surface area contributed by atoms with Crippen LogP contribution in [0.1, 0.15) is 15.9 Å². The molecule has 0 atom stereocenters. The Bertz CT molecular complexity index is 866. The molecule has 4 rings (SSSR count). The lowest BCUT2D eigenvalue weighted by Crippen LogP contribution is -2.53. The van der Waals surface area contributed by atoms with Crippen LogP contribution < -0.4 is 10.3 Å². The van der Waals surface area contributed by atoms with Crippen molar-refractivity contribution in [2.24, 2.45) is 0 Å². The fraction of sp³-hybridized carbons (Fsp3) is 0.333. The summed E-state index contributed by atoms with van der Waals surface area (Å²) in [7, 11) is 0. The van der Waals surface area contributed by atoms with E-state index < -0.39 is 17.5 Å². The van der Waals surface area contributed by atoms with Gasteiger partial charge in [0.1, 0.15) is 5.82 Å². The van der Waals surface area contributed by atoms with Crippen molar-refractivity contribution in [3.8, 4) is 0 Å². The summed E-state index contributed by atoms with van der Waals surface area (Å²) in [6.07, 6.45) is 0. The van der Waals surface area contributed by atoms with Crippen LogP contribution in [-0.4, -0.2) is 60.9 Å². The summed E-state index contributed by atoms with van der Waals surface area (Å²) in [6.45, 7) is 5.46. The van der Waals surface area contributed by atoms with Gasteiger partial charge in [0.05, 0.1) is 11.3 Å². The van der Waals surface area contributed by atoms with Crippen molar-refractivity contribution in [3.05, 3.63) is 65.5 Å². The van der Waals surface area contributed by atoms with Crippen molar-refractivity contribution < 1.29 is 14.0 Å². The number of piperazine rings is 1. The number of fused-ring (bicyclic) bond motifs is 1. The Hall–Kier alpha value is -2.61. The minimum Gasteiger partial charge on any atom is -0.303 e. The first-order valence-corrected chi connectivity index (χ1v) is 9.52. The number of hydrogen-bond donors (Lipinski definition) is 1. The minimum absolute atomic E-state index is 0.167. The van der Waals surface area contributed by atoms with Gasteiger partial charge in [0.2, 0.25) is 0 Å². The monoisotopic (exact) mass is 382 g/mol. The van der Waals surface area contributed by atoms with Crippen molar-refractivity contribution in [3.63, 3.8) is 0 Å². The van der Waals surface area contributed by atoms with E-state index in [0.717, 1.165) is 38.8 Å². The molecule has 0 bridgehead atoms. The van der Waals surface area contributed by atoms with E-state index >= 15 is 0 Å². The van der Waals surface area contributed by atoms with Gasteiger partial charge in [-0.3, -0.25) is 19.9 Å². The molecule has 0 aliphatic carbocycles. The van der Waals surface area contributed by atoms with E-state index in [-0.39, 0.29) is 5.56 Å². The summed E-state index contributed by atoms with van der Waals surface area (Å²) in [5, 5.41) is 2.21. The third-order valence-corrected chi connectivity index (χ3v) is 5.30. The number of nitrogens with one attached hydrogen (secondary N) is 1. The first kappa shape index (κ1) is 18.7. The van der Waals surface area contributed by atoms with Crippen LogP contribution in [0, 0.1) is 5.82 Å². The van der Waals surface area contributed by atoms with Crippen LogP contribution in [-0.2, 0) is 11.3 Å². The molecule has 1 saturated heterocycles. The summed E-state index contributed by atoms with van der Waals surface area (Å²) in [4.78, 5) is 28.0. The molecule has 0 radical (unpaired) electrons. The van der Waals surface area contributed by atoms with Gasteiger partial charge in [-0.05, 0) is 23.8 Å². The third-order valence-electron chi connectivity index (χ3n) is 5.30. The Kier molecular flexibility index (Phi) is 5.47. The average Bonchev–Trinajstić information content (AvgIpc) is 2.96. The summed E-state index contributed by atoms with van der Waals surface area (Å²) in [5.74, 6) is -1.69. The molecule has 1 N–H and O–H groups in total. The molecule has 0 aromatic heterocycles. The molecule has 2 aromatic carbocycles. The van der Waals surface area contributed by atoms with E-state index in [1.165, 1.54) is 22.6 Å². The van der Waals surface area contributed by atoms with Crippen LogP contribution >= 0.6 is 0 Å². The Morgan fingerprint density at radius 2 is 1.68 bits per heavy atom. The van der Waals surface area contributed by atoms with Gasteiger partial charge in [-0.25, -0.2) is 9.40 Å². The zero-order valence-corrected chi connectivity index (χ0v) is 15.6. The van der Waals surface area contributed by atoms with E-state index in [9.17, 15) is 14.0 Å². The van der Waals surface area contributed by atoms with Gasteiger partial charge in [-0.1, -0.05) is 30.3 Å². The van der Waals surface area contributed by atoms with E-state index in [0.29, 0.717) is 18.8 Å². The molecule has 2 heterocycles. The number of carbonyl (C=O) groups is 2. The van der Waals surface area contributed by atoms with Gasteiger partial charge in [0.15, 0.2) is 0 Å². The quantitative estimate of drug-likeness (QED) is 0.771. The van der Waals surface area contributed by atoms with Crippen LogP contribution in [0.25, 0.3) is 0 Å². The standard InChI is InChI=1S/C21H23FN4O2/c22-17-6-7-19-18(14-17)20(27)21(28)26(19)13-10-24-8-11-25(12-9-24)23-15-16-4-2-1-3-5-16/h1-7,14,23H,8-13,15H2. The Morgan fingerprint density at radius 3 is 2.43 bits per heavy atom. The first-order valence-electron chi connectivity index (χ1n) is 9.52. The maximum atomic E-state index is 13.4. The second-order valence-electron chi connectivity index (χ2n) is 7.10. The van der Waals surface area contributed by atoms with Gasteiger partial charge in [0, 0.05) is 45.8 Å². The molecule has 2 aliphatic rings. The van der Waals surface area contributed by atoms with Crippen LogP contribution in [0.4, 0.5) is 10.1 Å². The van der Waals surface area contributed by atoms with Crippen molar-refractivity contribution in [1.82, 2.24) is 15.3 Å². The zero-order chi connectivity index (χ0) is 19.5. The number of halogens is 1. The normalized spacial score (nSPS) is 18.0. The van der Waals surface area contributed by atoms with E-state index in [1.807, 2.05) is 18.2 Å². The van der Waals surface area contributed by atoms with E-state index in [4.69, 9.17) is 0 Å². The lowest BCUT2D eigenvalue weighted by Gasteiger charge is -2.35. The summed E-state index contributed by atoms with van der Waals surface area (Å²) < 4.78 is 13.4. The molecule has 6 nitrogen and oxygen atoms in total. The van der Waals surface area contributed by atoms with Gasteiger partial charge < -0.3 is 4.90 Å².